The molecule has 0 atom stereocenters. The summed E-state index contributed by atoms with van der Waals surface area (Å²) in [5.41, 5.74) is 3.26. The van der Waals surface area contributed by atoms with E-state index in [2.05, 4.69) is 0 Å². The fourth-order valence-corrected chi connectivity index (χ4v) is 0.935. The Hall–Kier alpha value is -1.35. The minimum Gasteiger partial charge on any atom is -0.294 e. The van der Waals surface area contributed by atoms with E-state index in [1.165, 1.54) is 0 Å². The molecule has 0 spiro atoms. The topological polar surface area (TPSA) is 49.3 Å². The van der Waals surface area contributed by atoms with E-state index in [9.17, 15) is 4.79 Å². The van der Waals surface area contributed by atoms with Crippen LogP contribution < -0.4 is 5.48 Å². The predicted octanol–water partition coefficient (Wildman–Crippen LogP) is 2.08. The van der Waals surface area contributed by atoms with Gasteiger partial charge in [-0.1, -0.05) is 6.92 Å². The van der Waals surface area contributed by atoms with Crippen molar-refractivity contribution in [3.63, 3.8) is 0 Å². The monoisotopic (exact) mass is 165 g/mol. The fraction of sp³-hybridized carbons (Fsp3) is 0.222. The Labute approximate surface area is 71.0 Å². The maximum Gasteiger partial charge on any atom is 0.162 e. The average molecular weight is 165 g/mol. The third-order valence-electron chi connectivity index (χ3n) is 1.66. The van der Waals surface area contributed by atoms with Crippen molar-refractivity contribution in [3.8, 4) is 0 Å². The van der Waals surface area contributed by atoms with Crippen LogP contribution in [0.5, 0.6) is 0 Å². The van der Waals surface area contributed by atoms with Crippen LogP contribution in [0.25, 0.3) is 0 Å². The highest BCUT2D eigenvalue weighted by molar-refractivity contribution is 5.96. The molecule has 0 heterocycles. The summed E-state index contributed by atoms with van der Waals surface area (Å²) in [6.07, 6.45) is 0.506. The van der Waals surface area contributed by atoms with Gasteiger partial charge in [0.1, 0.15) is 0 Å². The molecule has 0 amide bonds. The minimum absolute atomic E-state index is 0.111. The van der Waals surface area contributed by atoms with Gasteiger partial charge < -0.3 is 0 Å². The van der Waals surface area contributed by atoms with E-state index >= 15 is 0 Å². The molecule has 3 nitrogen and oxygen atoms in total. The predicted molar refractivity (Wildman–Crippen MR) is 46.5 cm³/mol. The number of carbonyl (C=O) groups is 1. The standard InChI is InChI=1S/C9H11NO2/c1-2-9(11)7-3-5-8(10-12)6-4-7/h3-6,10,12H,2H2,1H3. The van der Waals surface area contributed by atoms with Crippen LogP contribution in [-0.4, -0.2) is 11.0 Å². The average Bonchev–Trinajstić information content (AvgIpc) is 2.17. The lowest BCUT2D eigenvalue weighted by Gasteiger charge is -1.99. The van der Waals surface area contributed by atoms with Gasteiger partial charge in [-0.15, -0.1) is 0 Å². The van der Waals surface area contributed by atoms with Crippen molar-refractivity contribution < 1.29 is 10.0 Å². The molecule has 0 aliphatic carbocycles. The summed E-state index contributed by atoms with van der Waals surface area (Å²) < 4.78 is 0. The molecule has 64 valence electrons. The number of benzene rings is 1. The summed E-state index contributed by atoms with van der Waals surface area (Å²) in [5, 5.41) is 8.49. The molecule has 2 N–H and O–H groups in total. The van der Waals surface area contributed by atoms with E-state index in [0.717, 1.165) is 0 Å². The fourth-order valence-electron chi connectivity index (χ4n) is 0.935. The van der Waals surface area contributed by atoms with Crippen LogP contribution in [0, 0.1) is 0 Å². The SMILES string of the molecule is CCC(=O)c1ccc(NO)cc1. The van der Waals surface area contributed by atoms with Gasteiger partial charge in [0.25, 0.3) is 0 Å². The van der Waals surface area contributed by atoms with Crippen molar-refractivity contribution in [2.75, 3.05) is 5.48 Å². The summed E-state index contributed by atoms with van der Waals surface area (Å²) >= 11 is 0. The number of rotatable bonds is 3. The number of hydrogen-bond acceptors (Lipinski definition) is 3. The first-order valence-electron chi connectivity index (χ1n) is 3.81. The second-order valence-corrected chi connectivity index (χ2v) is 2.47. The maximum atomic E-state index is 11.1. The first-order chi connectivity index (χ1) is 5.77. The molecule has 12 heavy (non-hydrogen) atoms. The number of Topliss-reactive ketones (excluding diaryl/α,β-unsaturated/α-hetero) is 1. The molecule has 0 bridgehead atoms. The maximum absolute atomic E-state index is 11.1. The molecule has 0 aliphatic rings. The van der Waals surface area contributed by atoms with Crippen molar-refractivity contribution in [3.05, 3.63) is 29.8 Å². The number of ketones is 1. The van der Waals surface area contributed by atoms with Crippen molar-refractivity contribution in [1.82, 2.24) is 0 Å². The largest absolute Gasteiger partial charge is 0.294 e. The Morgan fingerprint density at radius 3 is 2.42 bits per heavy atom. The molecule has 0 unspecified atom stereocenters. The Morgan fingerprint density at radius 2 is 2.00 bits per heavy atom. The number of carbonyl (C=O) groups excluding carboxylic acids is 1. The van der Waals surface area contributed by atoms with Gasteiger partial charge in [0.15, 0.2) is 5.78 Å². The third kappa shape index (κ3) is 1.83. The molecule has 1 aromatic rings. The van der Waals surface area contributed by atoms with E-state index in [1.807, 2.05) is 12.4 Å². The van der Waals surface area contributed by atoms with Gasteiger partial charge in [-0.05, 0) is 24.3 Å². The Kier molecular flexibility index (Phi) is 2.82. The van der Waals surface area contributed by atoms with Gasteiger partial charge in [0.2, 0.25) is 0 Å². The molecule has 0 aromatic heterocycles. The Bertz CT molecular complexity index is 266. The number of anilines is 1. The smallest absolute Gasteiger partial charge is 0.162 e. The van der Waals surface area contributed by atoms with Gasteiger partial charge >= 0.3 is 0 Å². The van der Waals surface area contributed by atoms with Crippen molar-refractivity contribution in [1.29, 1.82) is 0 Å². The highest BCUT2D eigenvalue weighted by Crippen LogP contribution is 2.09. The van der Waals surface area contributed by atoms with Gasteiger partial charge in [-0.25, -0.2) is 0 Å². The Balaban J connectivity index is 2.84. The van der Waals surface area contributed by atoms with E-state index in [0.29, 0.717) is 17.7 Å². The highest BCUT2D eigenvalue weighted by Gasteiger charge is 2.01. The lowest BCUT2D eigenvalue weighted by atomic mass is 10.1. The zero-order chi connectivity index (χ0) is 8.97. The van der Waals surface area contributed by atoms with E-state index < -0.39 is 0 Å². The van der Waals surface area contributed by atoms with Crippen molar-refractivity contribution >= 4 is 11.5 Å². The van der Waals surface area contributed by atoms with Gasteiger partial charge in [0.05, 0.1) is 5.69 Å². The lowest BCUT2D eigenvalue weighted by Crippen LogP contribution is -1.96. The summed E-state index contributed by atoms with van der Waals surface area (Å²) in [5.74, 6) is 0.111. The molecular weight excluding hydrogens is 154 g/mol. The zero-order valence-corrected chi connectivity index (χ0v) is 6.87. The van der Waals surface area contributed by atoms with Crippen LogP contribution in [-0.2, 0) is 0 Å². The molecule has 0 aliphatic heterocycles. The van der Waals surface area contributed by atoms with Crippen molar-refractivity contribution in [2.24, 2.45) is 0 Å². The van der Waals surface area contributed by atoms with Crippen LogP contribution in [0.15, 0.2) is 24.3 Å². The summed E-state index contributed by atoms with van der Waals surface area (Å²) in [6.45, 7) is 1.82. The first kappa shape index (κ1) is 8.74. The van der Waals surface area contributed by atoms with Crippen LogP contribution in [0.3, 0.4) is 0 Å². The first-order valence-corrected chi connectivity index (χ1v) is 3.81. The molecule has 1 aromatic carbocycles. The molecular formula is C9H11NO2. The molecule has 0 saturated heterocycles. The molecule has 1 rings (SSSR count). The van der Waals surface area contributed by atoms with E-state index in [4.69, 9.17) is 5.21 Å². The van der Waals surface area contributed by atoms with Crippen LogP contribution in [0.4, 0.5) is 5.69 Å². The van der Waals surface area contributed by atoms with Crippen LogP contribution in [0.2, 0.25) is 0 Å². The molecule has 0 saturated carbocycles. The second-order valence-electron chi connectivity index (χ2n) is 2.47. The van der Waals surface area contributed by atoms with Gasteiger partial charge in [-0.3, -0.25) is 15.5 Å². The second kappa shape index (κ2) is 3.88. The summed E-state index contributed by atoms with van der Waals surface area (Å²) in [6, 6.07) is 6.68. The quantitative estimate of drug-likeness (QED) is 0.532. The van der Waals surface area contributed by atoms with Crippen LogP contribution >= 0.6 is 0 Å². The minimum atomic E-state index is 0.111. The zero-order valence-electron chi connectivity index (χ0n) is 6.87. The third-order valence-corrected chi connectivity index (χ3v) is 1.66. The van der Waals surface area contributed by atoms with Gasteiger partial charge in [0, 0.05) is 12.0 Å². The summed E-state index contributed by atoms with van der Waals surface area (Å²) in [4.78, 5) is 11.1. The van der Waals surface area contributed by atoms with E-state index in [-0.39, 0.29) is 5.78 Å². The molecule has 3 heteroatoms. The van der Waals surface area contributed by atoms with Gasteiger partial charge in [-0.2, -0.15) is 0 Å². The lowest BCUT2D eigenvalue weighted by molar-refractivity contribution is 0.0988. The normalized spacial score (nSPS) is 9.50. The van der Waals surface area contributed by atoms with Crippen LogP contribution in [0.1, 0.15) is 23.7 Å². The highest BCUT2D eigenvalue weighted by atomic mass is 16.5. The van der Waals surface area contributed by atoms with E-state index in [1.54, 1.807) is 24.3 Å². The number of nitrogens with one attached hydrogen (secondary N) is 1. The molecule has 0 radical (unpaired) electrons. The summed E-state index contributed by atoms with van der Waals surface area (Å²) in [7, 11) is 0. The molecule has 0 fully saturated rings. The number of hydrogen-bond donors (Lipinski definition) is 2. The van der Waals surface area contributed by atoms with Crippen molar-refractivity contribution in [2.45, 2.75) is 13.3 Å². The Morgan fingerprint density at radius 1 is 1.42 bits per heavy atom.